The van der Waals surface area contributed by atoms with E-state index >= 15 is 0 Å². The molecule has 1 aromatic heterocycles. The van der Waals surface area contributed by atoms with Gasteiger partial charge >= 0.3 is 6.18 Å². The minimum Gasteiger partial charge on any atom is -0.454 e. The van der Waals surface area contributed by atoms with E-state index in [4.69, 9.17) is 4.74 Å². The molecule has 0 unspecified atom stereocenters. The molecule has 4 rings (SSSR count). The zero-order chi connectivity index (χ0) is 18.3. The number of hydrogen-bond acceptors (Lipinski definition) is 3. The zero-order valence-electron chi connectivity index (χ0n) is 13.2. The fraction of sp³-hybridized carbons (Fsp3) is 0.0526. The Hall–Kier alpha value is -3.35. The van der Waals surface area contributed by atoms with Crippen LogP contribution in [-0.2, 0) is 6.18 Å². The number of anilines is 1. The van der Waals surface area contributed by atoms with Crippen LogP contribution in [0.3, 0.4) is 0 Å². The van der Waals surface area contributed by atoms with Gasteiger partial charge in [0, 0.05) is 18.0 Å². The largest absolute Gasteiger partial charge is 0.454 e. The lowest BCUT2D eigenvalue weighted by Gasteiger charge is -2.11. The van der Waals surface area contributed by atoms with Crippen LogP contribution in [0.5, 0.6) is 11.5 Å². The molecule has 0 fully saturated rings. The molecule has 0 saturated heterocycles. The van der Waals surface area contributed by atoms with Crippen LogP contribution in [0.1, 0.15) is 15.9 Å². The Morgan fingerprint density at radius 3 is 2.50 bits per heavy atom. The van der Waals surface area contributed by atoms with Crippen LogP contribution >= 0.6 is 0 Å². The summed E-state index contributed by atoms with van der Waals surface area (Å²) >= 11 is 0. The zero-order valence-corrected chi connectivity index (χ0v) is 13.2. The molecule has 4 nitrogen and oxygen atoms in total. The lowest BCUT2D eigenvalue weighted by molar-refractivity contribution is -0.137. The third kappa shape index (κ3) is 2.88. The van der Waals surface area contributed by atoms with Crippen molar-refractivity contribution in [1.82, 2.24) is 4.98 Å². The molecule has 1 N–H and O–H groups in total. The molecule has 0 atom stereocenters. The lowest BCUT2D eigenvalue weighted by atomic mass is 10.0. The van der Waals surface area contributed by atoms with Gasteiger partial charge in [0.1, 0.15) is 5.75 Å². The first-order chi connectivity index (χ1) is 12.4. The summed E-state index contributed by atoms with van der Waals surface area (Å²) in [5, 5.41) is 2.49. The van der Waals surface area contributed by atoms with Gasteiger partial charge in [-0.25, -0.2) is 0 Å². The second-order valence-electron chi connectivity index (χ2n) is 5.72. The Kier molecular flexibility index (Phi) is 3.64. The first-order valence-corrected chi connectivity index (χ1v) is 7.67. The molecule has 3 aromatic rings. The number of aromatic nitrogens is 1. The van der Waals surface area contributed by atoms with Crippen molar-refractivity contribution in [3.8, 4) is 22.6 Å². The van der Waals surface area contributed by atoms with Crippen LogP contribution in [0.2, 0.25) is 0 Å². The third-order valence-corrected chi connectivity index (χ3v) is 3.99. The van der Waals surface area contributed by atoms with Crippen molar-refractivity contribution < 1.29 is 22.7 Å². The van der Waals surface area contributed by atoms with Crippen LogP contribution < -0.4 is 10.1 Å². The number of pyridine rings is 1. The van der Waals surface area contributed by atoms with E-state index in [9.17, 15) is 18.0 Å². The molecule has 1 aliphatic heterocycles. The third-order valence-electron chi connectivity index (χ3n) is 3.99. The Labute approximate surface area is 146 Å². The first kappa shape index (κ1) is 16.1. The van der Waals surface area contributed by atoms with Gasteiger partial charge in [-0.1, -0.05) is 12.1 Å². The average molecular weight is 356 g/mol. The van der Waals surface area contributed by atoms with E-state index in [1.807, 2.05) is 6.07 Å². The second-order valence-corrected chi connectivity index (χ2v) is 5.72. The molecule has 0 bridgehead atoms. The molecule has 7 heteroatoms. The molecular formula is C19H11F3N2O2. The van der Waals surface area contributed by atoms with Crippen molar-refractivity contribution in [3.63, 3.8) is 0 Å². The Balaban J connectivity index is 1.76. The van der Waals surface area contributed by atoms with E-state index < -0.39 is 17.6 Å². The van der Waals surface area contributed by atoms with Gasteiger partial charge in [-0.3, -0.25) is 9.78 Å². The van der Waals surface area contributed by atoms with Crippen LogP contribution in [0.15, 0.2) is 60.9 Å². The minimum absolute atomic E-state index is 0.0241. The number of carbonyl (C=O) groups excluding carboxylic acids is 1. The highest BCUT2D eigenvalue weighted by atomic mass is 19.4. The van der Waals surface area contributed by atoms with Crippen LogP contribution in [-0.4, -0.2) is 10.9 Å². The standard InChI is InChI=1S/C19H11F3N2O2/c20-19(21,22)13-4-6-17-15(9-13)24-18(25)14-8-11(3-5-16(14)26-17)12-2-1-7-23-10-12/h1-10H,(H,24,25). The molecular weight excluding hydrogens is 345 g/mol. The van der Waals surface area contributed by atoms with Gasteiger partial charge in [0.15, 0.2) is 5.75 Å². The summed E-state index contributed by atoms with van der Waals surface area (Å²) in [5.74, 6) is -0.114. The van der Waals surface area contributed by atoms with Crippen LogP contribution in [0.25, 0.3) is 11.1 Å². The number of nitrogens with zero attached hydrogens (tertiary/aromatic N) is 1. The number of halogens is 3. The van der Waals surface area contributed by atoms with E-state index in [1.54, 1.807) is 36.7 Å². The number of hydrogen-bond donors (Lipinski definition) is 1. The van der Waals surface area contributed by atoms with Crippen LogP contribution in [0, 0.1) is 0 Å². The van der Waals surface area contributed by atoms with Crippen molar-refractivity contribution in [1.29, 1.82) is 0 Å². The van der Waals surface area contributed by atoms with Crippen molar-refractivity contribution >= 4 is 11.6 Å². The number of benzene rings is 2. The molecule has 0 radical (unpaired) electrons. The maximum atomic E-state index is 12.9. The van der Waals surface area contributed by atoms with Crippen LogP contribution in [0.4, 0.5) is 18.9 Å². The smallest absolute Gasteiger partial charge is 0.416 e. The highest BCUT2D eigenvalue weighted by Gasteiger charge is 2.32. The number of fused-ring (bicyclic) bond motifs is 2. The lowest BCUT2D eigenvalue weighted by Crippen LogP contribution is -2.12. The Morgan fingerprint density at radius 2 is 1.77 bits per heavy atom. The topological polar surface area (TPSA) is 51.2 Å². The predicted molar refractivity (Wildman–Crippen MR) is 89.1 cm³/mol. The number of rotatable bonds is 1. The monoisotopic (exact) mass is 356 g/mol. The molecule has 0 saturated carbocycles. The van der Waals surface area contributed by atoms with Crippen molar-refractivity contribution in [2.24, 2.45) is 0 Å². The van der Waals surface area contributed by atoms with Gasteiger partial charge in [0.05, 0.1) is 16.8 Å². The summed E-state index contributed by atoms with van der Waals surface area (Å²) in [6, 6.07) is 11.6. The normalized spacial score (nSPS) is 13.1. The predicted octanol–water partition coefficient (Wildman–Crippen LogP) is 5.13. The number of alkyl halides is 3. The fourth-order valence-electron chi connectivity index (χ4n) is 2.71. The van der Waals surface area contributed by atoms with Gasteiger partial charge in [0.25, 0.3) is 5.91 Å². The Bertz CT molecular complexity index is 1000. The second kappa shape index (κ2) is 5.87. The van der Waals surface area contributed by atoms with Gasteiger partial charge in [-0.2, -0.15) is 13.2 Å². The molecule has 2 aromatic carbocycles. The number of amides is 1. The molecule has 0 spiro atoms. The van der Waals surface area contributed by atoms with E-state index in [0.29, 0.717) is 0 Å². The van der Waals surface area contributed by atoms with E-state index in [0.717, 1.165) is 23.3 Å². The highest BCUT2D eigenvalue weighted by molar-refractivity contribution is 6.08. The van der Waals surface area contributed by atoms with E-state index in [2.05, 4.69) is 10.3 Å². The molecule has 26 heavy (non-hydrogen) atoms. The molecule has 130 valence electrons. The van der Waals surface area contributed by atoms with Crippen molar-refractivity contribution in [3.05, 3.63) is 72.1 Å². The SMILES string of the molecule is O=C1Nc2cc(C(F)(F)F)ccc2Oc2ccc(-c3cccnc3)cc21. The summed E-state index contributed by atoms with van der Waals surface area (Å²) in [5.41, 5.74) is 0.906. The molecule has 1 aliphatic rings. The molecule has 2 heterocycles. The summed E-state index contributed by atoms with van der Waals surface area (Å²) in [6.07, 6.45) is -1.22. The van der Waals surface area contributed by atoms with Crippen molar-refractivity contribution in [2.45, 2.75) is 6.18 Å². The number of carbonyl (C=O) groups is 1. The van der Waals surface area contributed by atoms with Crippen molar-refractivity contribution in [2.75, 3.05) is 5.32 Å². The maximum Gasteiger partial charge on any atom is 0.416 e. The minimum atomic E-state index is -4.51. The summed E-state index contributed by atoms with van der Waals surface area (Å²) in [7, 11) is 0. The quantitative estimate of drug-likeness (QED) is 0.658. The summed E-state index contributed by atoms with van der Waals surface area (Å²) in [6.45, 7) is 0. The first-order valence-electron chi connectivity index (χ1n) is 7.67. The van der Waals surface area contributed by atoms with E-state index in [-0.39, 0.29) is 22.7 Å². The average Bonchev–Trinajstić information content (AvgIpc) is 2.76. The Morgan fingerprint density at radius 1 is 0.962 bits per heavy atom. The van der Waals surface area contributed by atoms with Gasteiger partial charge in [-0.05, 0) is 42.0 Å². The molecule has 1 amide bonds. The molecule has 0 aliphatic carbocycles. The van der Waals surface area contributed by atoms with Gasteiger partial charge < -0.3 is 10.1 Å². The number of nitrogens with one attached hydrogen (secondary N) is 1. The summed E-state index contributed by atoms with van der Waals surface area (Å²) < 4.78 is 44.4. The van der Waals surface area contributed by atoms with Gasteiger partial charge in [-0.15, -0.1) is 0 Å². The number of ether oxygens (including phenoxy) is 1. The fourth-order valence-corrected chi connectivity index (χ4v) is 2.71. The summed E-state index contributed by atoms with van der Waals surface area (Å²) in [4.78, 5) is 16.6. The van der Waals surface area contributed by atoms with E-state index in [1.165, 1.54) is 6.07 Å². The van der Waals surface area contributed by atoms with Gasteiger partial charge in [0.2, 0.25) is 0 Å². The maximum absolute atomic E-state index is 12.9. The highest BCUT2D eigenvalue weighted by Crippen LogP contribution is 2.40.